The van der Waals surface area contributed by atoms with Gasteiger partial charge in [0.15, 0.2) is 5.82 Å². The predicted octanol–water partition coefficient (Wildman–Crippen LogP) is 4.32. The van der Waals surface area contributed by atoms with Crippen LogP contribution in [0.2, 0.25) is 0 Å². The fraction of sp³-hybridized carbons (Fsp3) is 0.500. The molecule has 1 aromatic carbocycles. The van der Waals surface area contributed by atoms with Crippen molar-refractivity contribution in [3.8, 4) is 11.5 Å². The number of nitrogens with zero attached hydrogens (tertiary/aromatic N) is 2. The number of benzene rings is 1. The van der Waals surface area contributed by atoms with E-state index in [4.69, 9.17) is 10.3 Å². The van der Waals surface area contributed by atoms with Gasteiger partial charge in [0.1, 0.15) is 0 Å². The van der Waals surface area contributed by atoms with E-state index in [1.807, 2.05) is 25.1 Å². The molecule has 1 heterocycles. The largest absolute Gasteiger partial charge is 0.334 e. The highest BCUT2D eigenvalue weighted by atomic mass is 79.9. The molecule has 2 aromatic rings. The standard InChI is InChI=1S/C16H20BrN3O/c1-11-6-7-12(13(17)10-11)14-19-15(20-21-14)16(18)8-4-2-3-5-9-16/h6-7,10H,2-5,8-9,18H2,1H3. The first-order valence-corrected chi connectivity index (χ1v) is 8.27. The van der Waals surface area contributed by atoms with Gasteiger partial charge in [-0.3, -0.25) is 0 Å². The Labute approximate surface area is 133 Å². The second-order valence-corrected chi connectivity index (χ2v) is 6.83. The number of hydrogen-bond donors (Lipinski definition) is 1. The van der Waals surface area contributed by atoms with E-state index in [9.17, 15) is 0 Å². The van der Waals surface area contributed by atoms with Crippen LogP contribution in [0.1, 0.15) is 49.9 Å². The first-order valence-electron chi connectivity index (χ1n) is 7.48. The molecule has 3 rings (SSSR count). The fourth-order valence-electron chi connectivity index (χ4n) is 2.91. The molecule has 21 heavy (non-hydrogen) atoms. The normalized spacial score (nSPS) is 18.4. The van der Waals surface area contributed by atoms with Gasteiger partial charge in [0.05, 0.1) is 11.1 Å². The molecule has 0 bridgehead atoms. The Kier molecular flexibility index (Phi) is 4.13. The van der Waals surface area contributed by atoms with Crippen molar-refractivity contribution in [1.82, 2.24) is 10.1 Å². The quantitative estimate of drug-likeness (QED) is 0.820. The lowest BCUT2D eigenvalue weighted by Gasteiger charge is -2.23. The highest BCUT2D eigenvalue weighted by Gasteiger charge is 2.33. The van der Waals surface area contributed by atoms with Crippen molar-refractivity contribution < 1.29 is 4.52 Å². The van der Waals surface area contributed by atoms with Crippen molar-refractivity contribution in [2.45, 2.75) is 51.0 Å². The third kappa shape index (κ3) is 3.04. The molecule has 1 aromatic heterocycles. The molecule has 0 amide bonds. The molecular formula is C16H20BrN3O. The molecule has 4 nitrogen and oxygen atoms in total. The minimum absolute atomic E-state index is 0.435. The molecule has 2 N–H and O–H groups in total. The van der Waals surface area contributed by atoms with E-state index in [-0.39, 0.29) is 0 Å². The van der Waals surface area contributed by atoms with Gasteiger partial charge in [-0.25, -0.2) is 0 Å². The van der Waals surface area contributed by atoms with Crippen molar-refractivity contribution in [2.24, 2.45) is 5.73 Å². The number of aryl methyl sites for hydroxylation is 1. The predicted molar refractivity (Wildman–Crippen MR) is 85.7 cm³/mol. The van der Waals surface area contributed by atoms with E-state index < -0.39 is 5.54 Å². The summed E-state index contributed by atoms with van der Waals surface area (Å²) in [7, 11) is 0. The zero-order valence-corrected chi connectivity index (χ0v) is 13.8. The average Bonchev–Trinajstić information content (AvgIpc) is 2.83. The van der Waals surface area contributed by atoms with E-state index in [1.165, 1.54) is 18.4 Å². The summed E-state index contributed by atoms with van der Waals surface area (Å²) in [6.45, 7) is 2.05. The van der Waals surface area contributed by atoms with Crippen molar-refractivity contribution in [3.05, 3.63) is 34.1 Å². The van der Waals surface area contributed by atoms with Crippen molar-refractivity contribution in [1.29, 1.82) is 0 Å². The van der Waals surface area contributed by atoms with Gasteiger partial charge in [-0.15, -0.1) is 0 Å². The first-order chi connectivity index (χ1) is 10.1. The van der Waals surface area contributed by atoms with Crippen molar-refractivity contribution in [3.63, 3.8) is 0 Å². The number of nitrogens with two attached hydrogens (primary N) is 1. The SMILES string of the molecule is Cc1ccc(-c2nc(C3(N)CCCCCC3)no2)c(Br)c1. The van der Waals surface area contributed by atoms with Gasteiger partial charge in [0.2, 0.25) is 0 Å². The maximum absolute atomic E-state index is 6.54. The highest BCUT2D eigenvalue weighted by molar-refractivity contribution is 9.10. The monoisotopic (exact) mass is 349 g/mol. The van der Waals surface area contributed by atoms with Crippen LogP contribution in [0.25, 0.3) is 11.5 Å². The number of aromatic nitrogens is 2. The Morgan fingerprint density at radius 3 is 2.57 bits per heavy atom. The van der Waals surface area contributed by atoms with Gasteiger partial charge < -0.3 is 10.3 Å². The maximum atomic E-state index is 6.54. The summed E-state index contributed by atoms with van der Waals surface area (Å²) < 4.78 is 6.42. The van der Waals surface area contributed by atoms with Crippen LogP contribution in [0.15, 0.2) is 27.2 Å². The Balaban J connectivity index is 1.92. The molecule has 0 saturated heterocycles. The van der Waals surface area contributed by atoms with E-state index in [2.05, 4.69) is 26.1 Å². The van der Waals surface area contributed by atoms with E-state index in [1.54, 1.807) is 0 Å². The summed E-state index contributed by atoms with van der Waals surface area (Å²) >= 11 is 3.56. The van der Waals surface area contributed by atoms with Gasteiger partial charge in [0, 0.05) is 4.47 Å². The second-order valence-electron chi connectivity index (χ2n) is 5.98. The lowest BCUT2D eigenvalue weighted by Crippen LogP contribution is -2.37. The summed E-state index contributed by atoms with van der Waals surface area (Å²) in [4.78, 5) is 4.58. The first kappa shape index (κ1) is 14.7. The zero-order valence-electron chi connectivity index (χ0n) is 12.2. The number of halogens is 1. The van der Waals surface area contributed by atoms with Crippen molar-refractivity contribution in [2.75, 3.05) is 0 Å². The average molecular weight is 350 g/mol. The topological polar surface area (TPSA) is 64.9 Å². The van der Waals surface area contributed by atoms with Crippen LogP contribution in [0.4, 0.5) is 0 Å². The Bertz CT molecular complexity index is 630. The molecule has 0 spiro atoms. The van der Waals surface area contributed by atoms with E-state index in [0.717, 1.165) is 35.7 Å². The molecule has 0 radical (unpaired) electrons. The molecular weight excluding hydrogens is 330 g/mol. The van der Waals surface area contributed by atoms with Crippen molar-refractivity contribution >= 4 is 15.9 Å². The van der Waals surface area contributed by atoms with Crippen LogP contribution < -0.4 is 5.73 Å². The minimum Gasteiger partial charge on any atom is -0.334 e. The number of rotatable bonds is 2. The molecule has 0 atom stereocenters. The minimum atomic E-state index is -0.435. The van der Waals surface area contributed by atoms with Crippen LogP contribution in [0, 0.1) is 6.92 Å². The fourth-order valence-corrected chi connectivity index (χ4v) is 3.57. The van der Waals surface area contributed by atoms with Gasteiger partial charge in [0.25, 0.3) is 5.89 Å². The van der Waals surface area contributed by atoms with Gasteiger partial charge in [-0.1, -0.05) is 36.9 Å². The van der Waals surface area contributed by atoms with Crippen LogP contribution in [0.5, 0.6) is 0 Å². The Hall–Kier alpha value is -1.20. The summed E-state index contributed by atoms with van der Waals surface area (Å²) in [6, 6.07) is 6.07. The second kappa shape index (κ2) is 5.89. The Morgan fingerprint density at radius 2 is 1.90 bits per heavy atom. The molecule has 1 aliphatic carbocycles. The lowest BCUT2D eigenvalue weighted by molar-refractivity contribution is 0.334. The van der Waals surface area contributed by atoms with Crippen LogP contribution in [0.3, 0.4) is 0 Å². The maximum Gasteiger partial charge on any atom is 0.259 e. The lowest BCUT2D eigenvalue weighted by atomic mass is 9.91. The molecule has 0 aliphatic heterocycles. The zero-order chi connectivity index (χ0) is 14.9. The highest BCUT2D eigenvalue weighted by Crippen LogP contribution is 2.34. The van der Waals surface area contributed by atoms with E-state index >= 15 is 0 Å². The smallest absolute Gasteiger partial charge is 0.259 e. The molecule has 1 aliphatic rings. The van der Waals surface area contributed by atoms with Gasteiger partial charge in [-0.05, 0) is 53.4 Å². The molecule has 0 unspecified atom stereocenters. The van der Waals surface area contributed by atoms with Crippen LogP contribution in [-0.2, 0) is 5.54 Å². The molecule has 5 heteroatoms. The third-order valence-corrected chi connectivity index (χ3v) is 4.88. The summed E-state index contributed by atoms with van der Waals surface area (Å²) in [6.07, 6.45) is 6.62. The molecule has 1 fully saturated rings. The third-order valence-electron chi connectivity index (χ3n) is 4.22. The van der Waals surface area contributed by atoms with Gasteiger partial charge in [-0.2, -0.15) is 4.98 Å². The van der Waals surface area contributed by atoms with Crippen LogP contribution >= 0.6 is 15.9 Å². The summed E-state index contributed by atoms with van der Waals surface area (Å²) in [5.41, 5.74) is 8.20. The number of hydrogen-bond acceptors (Lipinski definition) is 4. The summed E-state index contributed by atoms with van der Waals surface area (Å²) in [5, 5.41) is 4.16. The molecule has 1 saturated carbocycles. The Morgan fingerprint density at radius 1 is 1.19 bits per heavy atom. The van der Waals surface area contributed by atoms with Crippen LogP contribution in [-0.4, -0.2) is 10.1 Å². The summed E-state index contributed by atoms with van der Waals surface area (Å²) in [5.74, 6) is 1.18. The van der Waals surface area contributed by atoms with Gasteiger partial charge >= 0.3 is 0 Å². The van der Waals surface area contributed by atoms with E-state index in [0.29, 0.717) is 11.7 Å². The molecule has 112 valence electrons.